The van der Waals surface area contributed by atoms with E-state index in [9.17, 15) is 0 Å². The molecule has 3 nitrogen and oxygen atoms in total. The Labute approximate surface area is 107 Å². The summed E-state index contributed by atoms with van der Waals surface area (Å²) in [5, 5.41) is 7.15. The van der Waals surface area contributed by atoms with Crippen LogP contribution in [0.5, 0.6) is 5.75 Å². The van der Waals surface area contributed by atoms with E-state index in [1.54, 1.807) is 0 Å². The summed E-state index contributed by atoms with van der Waals surface area (Å²) < 4.78 is 5.79. The fourth-order valence-electron chi connectivity index (χ4n) is 2.51. The van der Waals surface area contributed by atoms with E-state index in [1.807, 2.05) is 6.92 Å². The Morgan fingerprint density at radius 1 is 1.22 bits per heavy atom. The van der Waals surface area contributed by atoms with Gasteiger partial charge in [-0.15, -0.1) is 0 Å². The van der Waals surface area contributed by atoms with E-state index in [1.165, 1.54) is 30.4 Å². The largest absolute Gasteiger partial charge is 0.493 e. The molecule has 0 atom stereocenters. The number of nitrogens with one attached hydrogen (secondary N) is 1. The first-order chi connectivity index (χ1) is 8.81. The lowest BCUT2D eigenvalue weighted by molar-refractivity contribution is 0.320. The van der Waals surface area contributed by atoms with Crippen LogP contribution >= 0.6 is 0 Å². The normalized spacial score (nSPS) is 13.6. The Balaban J connectivity index is 1.57. The predicted octanol–water partition coefficient (Wildman–Crippen LogP) is 2.83. The zero-order valence-electron chi connectivity index (χ0n) is 10.7. The smallest absolute Gasteiger partial charge is 0.119 e. The summed E-state index contributed by atoms with van der Waals surface area (Å²) in [6.07, 6.45) is 4.56. The van der Waals surface area contributed by atoms with Crippen molar-refractivity contribution in [2.24, 2.45) is 0 Å². The fraction of sp³-hybridized carbons (Fsp3) is 0.400. The van der Waals surface area contributed by atoms with Gasteiger partial charge in [0.15, 0.2) is 0 Å². The highest BCUT2D eigenvalue weighted by Crippen LogP contribution is 2.26. The van der Waals surface area contributed by atoms with Gasteiger partial charge >= 0.3 is 0 Å². The Morgan fingerprint density at radius 3 is 2.94 bits per heavy atom. The van der Waals surface area contributed by atoms with Gasteiger partial charge in [-0.2, -0.15) is 5.10 Å². The number of benzene rings is 1. The lowest BCUT2D eigenvalue weighted by atomic mass is 10.1. The monoisotopic (exact) mass is 242 g/mol. The lowest BCUT2D eigenvalue weighted by Crippen LogP contribution is -2.02. The number of hydrogen-bond donors (Lipinski definition) is 1. The Hall–Kier alpha value is -1.77. The van der Waals surface area contributed by atoms with Gasteiger partial charge in [0.1, 0.15) is 5.75 Å². The van der Waals surface area contributed by atoms with Crippen molar-refractivity contribution >= 4 is 0 Å². The number of aromatic amines is 1. The van der Waals surface area contributed by atoms with E-state index in [0.717, 1.165) is 23.6 Å². The molecule has 1 aromatic heterocycles. The van der Waals surface area contributed by atoms with E-state index >= 15 is 0 Å². The highest BCUT2D eigenvalue weighted by molar-refractivity contribution is 5.38. The van der Waals surface area contributed by atoms with Crippen LogP contribution in [0.1, 0.15) is 28.9 Å². The average Bonchev–Trinajstić information content (AvgIpc) is 2.97. The molecule has 1 aromatic carbocycles. The topological polar surface area (TPSA) is 37.9 Å². The number of fused-ring (bicyclic) bond motifs is 1. The summed E-state index contributed by atoms with van der Waals surface area (Å²) in [7, 11) is 0. The molecule has 1 aliphatic rings. The third-order valence-electron chi connectivity index (χ3n) is 3.46. The maximum atomic E-state index is 5.79. The molecule has 0 fully saturated rings. The summed E-state index contributed by atoms with van der Waals surface area (Å²) in [6.45, 7) is 2.70. The van der Waals surface area contributed by atoms with Crippen LogP contribution in [0, 0.1) is 6.92 Å². The molecular formula is C15H18N2O. The first-order valence-corrected chi connectivity index (χ1v) is 6.57. The van der Waals surface area contributed by atoms with Crippen molar-refractivity contribution in [3.05, 3.63) is 46.8 Å². The summed E-state index contributed by atoms with van der Waals surface area (Å²) in [4.78, 5) is 0. The van der Waals surface area contributed by atoms with Crippen LogP contribution in [-0.4, -0.2) is 16.8 Å². The highest BCUT2D eigenvalue weighted by atomic mass is 16.5. The van der Waals surface area contributed by atoms with E-state index in [-0.39, 0.29) is 0 Å². The van der Waals surface area contributed by atoms with Crippen molar-refractivity contribution in [2.45, 2.75) is 32.6 Å². The quantitative estimate of drug-likeness (QED) is 0.895. The van der Waals surface area contributed by atoms with E-state index in [0.29, 0.717) is 6.61 Å². The fourth-order valence-corrected chi connectivity index (χ4v) is 2.51. The van der Waals surface area contributed by atoms with Gasteiger partial charge in [0.05, 0.1) is 12.3 Å². The number of rotatable bonds is 4. The van der Waals surface area contributed by atoms with E-state index < -0.39 is 0 Å². The Kier molecular flexibility index (Phi) is 3.05. The molecule has 1 N–H and O–H groups in total. The van der Waals surface area contributed by atoms with Crippen LogP contribution in [0.2, 0.25) is 0 Å². The molecule has 0 amide bonds. The van der Waals surface area contributed by atoms with Gasteiger partial charge in [0.25, 0.3) is 0 Å². The molecule has 1 heterocycles. The second-order valence-corrected chi connectivity index (χ2v) is 4.92. The number of aromatic nitrogens is 2. The van der Waals surface area contributed by atoms with Crippen molar-refractivity contribution in [2.75, 3.05) is 6.61 Å². The van der Waals surface area contributed by atoms with Gasteiger partial charge in [-0.05, 0) is 55.5 Å². The first kappa shape index (κ1) is 11.3. The molecule has 1 aliphatic carbocycles. The van der Waals surface area contributed by atoms with Crippen LogP contribution in [0.3, 0.4) is 0 Å². The predicted molar refractivity (Wildman–Crippen MR) is 71.0 cm³/mol. The minimum absolute atomic E-state index is 0.684. The summed E-state index contributed by atoms with van der Waals surface area (Å²) in [5.41, 5.74) is 5.12. The minimum atomic E-state index is 0.684. The molecular weight excluding hydrogens is 224 g/mol. The molecule has 0 unspecified atom stereocenters. The van der Waals surface area contributed by atoms with Crippen LogP contribution in [0.4, 0.5) is 0 Å². The van der Waals surface area contributed by atoms with Crippen LogP contribution < -0.4 is 4.74 Å². The van der Waals surface area contributed by atoms with Gasteiger partial charge in [-0.3, -0.25) is 5.10 Å². The van der Waals surface area contributed by atoms with E-state index in [2.05, 4.69) is 34.5 Å². The molecule has 0 bridgehead atoms. The molecule has 0 aliphatic heterocycles. The Bertz CT molecular complexity index is 545. The zero-order valence-corrected chi connectivity index (χ0v) is 10.7. The summed E-state index contributed by atoms with van der Waals surface area (Å²) in [5.74, 6) is 0.989. The Morgan fingerprint density at radius 2 is 2.11 bits per heavy atom. The molecule has 0 saturated heterocycles. The van der Waals surface area contributed by atoms with Crippen LogP contribution in [0.15, 0.2) is 24.3 Å². The second kappa shape index (κ2) is 4.84. The SMILES string of the molecule is Cc1cc(CCOc2ccc3c(c2)CCC3)n[nH]1. The van der Waals surface area contributed by atoms with Crippen molar-refractivity contribution in [3.8, 4) is 5.75 Å². The van der Waals surface area contributed by atoms with Crippen molar-refractivity contribution < 1.29 is 4.74 Å². The number of hydrogen-bond acceptors (Lipinski definition) is 2. The van der Waals surface area contributed by atoms with Gasteiger partial charge in [0, 0.05) is 12.1 Å². The third-order valence-corrected chi connectivity index (χ3v) is 3.46. The standard InChI is InChI=1S/C15H18N2O/c1-11-9-14(17-16-11)7-8-18-15-6-5-12-3-2-4-13(12)10-15/h5-6,9-10H,2-4,7-8H2,1H3,(H,16,17). The molecule has 2 aromatic rings. The maximum Gasteiger partial charge on any atom is 0.119 e. The molecule has 3 heteroatoms. The van der Waals surface area contributed by atoms with Gasteiger partial charge < -0.3 is 4.74 Å². The van der Waals surface area contributed by atoms with Crippen molar-refractivity contribution in [3.63, 3.8) is 0 Å². The van der Waals surface area contributed by atoms with Gasteiger partial charge in [0.2, 0.25) is 0 Å². The molecule has 94 valence electrons. The molecule has 0 radical (unpaired) electrons. The average molecular weight is 242 g/mol. The molecule has 0 saturated carbocycles. The van der Waals surface area contributed by atoms with Crippen molar-refractivity contribution in [1.82, 2.24) is 10.2 Å². The van der Waals surface area contributed by atoms with Crippen LogP contribution in [-0.2, 0) is 19.3 Å². The van der Waals surface area contributed by atoms with Crippen molar-refractivity contribution in [1.29, 1.82) is 0 Å². The number of ether oxygens (including phenoxy) is 1. The minimum Gasteiger partial charge on any atom is -0.493 e. The van der Waals surface area contributed by atoms with E-state index in [4.69, 9.17) is 4.74 Å². The third kappa shape index (κ3) is 2.40. The van der Waals surface area contributed by atoms with Gasteiger partial charge in [-0.1, -0.05) is 6.07 Å². The second-order valence-electron chi connectivity index (χ2n) is 4.92. The first-order valence-electron chi connectivity index (χ1n) is 6.57. The number of aryl methyl sites for hydroxylation is 3. The lowest BCUT2D eigenvalue weighted by Gasteiger charge is -2.07. The molecule has 0 spiro atoms. The zero-order chi connectivity index (χ0) is 12.4. The highest BCUT2D eigenvalue weighted by Gasteiger charge is 2.11. The maximum absolute atomic E-state index is 5.79. The summed E-state index contributed by atoms with van der Waals surface area (Å²) >= 11 is 0. The number of nitrogens with zero attached hydrogens (tertiary/aromatic N) is 1. The number of H-pyrrole nitrogens is 1. The molecule has 3 rings (SSSR count). The van der Waals surface area contributed by atoms with Gasteiger partial charge in [-0.25, -0.2) is 0 Å². The molecule has 18 heavy (non-hydrogen) atoms. The summed E-state index contributed by atoms with van der Waals surface area (Å²) in [6, 6.07) is 8.54. The van der Waals surface area contributed by atoms with Crippen LogP contribution in [0.25, 0.3) is 0 Å².